The van der Waals surface area contributed by atoms with E-state index in [2.05, 4.69) is 0 Å². The van der Waals surface area contributed by atoms with E-state index >= 15 is 0 Å². The van der Waals surface area contributed by atoms with Gasteiger partial charge in [-0.05, 0) is 59.3 Å². The first-order chi connectivity index (χ1) is 17.3. The predicted octanol–water partition coefficient (Wildman–Crippen LogP) is 6.21. The first kappa shape index (κ1) is 25.2. The number of imide groups is 1. The van der Waals surface area contributed by atoms with Gasteiger partial charge in [-0.15, -0.1) is 0 Å². The van der Waals surface area contributed by atoms with Crippen LogP contribution in [0.3, 0.4) is 0 Å². The van der Waals surface area contributed by atoms with E-state index in [-0.39, 0.29) is 28.8 Å². The molecule has 4 rings (SSSR count). The number of benzene rings is 3. The molecule has 36 heavy (non-hydrogen) atoms. The molecule has 1 aliphatic rings. The van der Waals surface area contributed by atoms with Gasteiger partial charge in [0.2, 0.25) is 0 Å². The van der Waals surface area contributed by atoms with Crippen LogP contribution in [0.25, 0.3) is 6.08 Å². The highest BCUT2D eigenvalue weighted by molar-refractivity contribution is 8.18. The number of nitro groups is 1. The van der Waals surface area contributed by atoms with Crippen LogP contribution >= 0.6 is 23.4 Å². The summed E-state index contributed by atoms with van der Waals surface area (Å²) in [5.74, 6) is -0.311. The number of para-hydroxylation sites is 1. The number of hydrogen-bond donors (Lipinski definition) is 0. The normalized spacial score (nSPS) is 14.4. The second-order valence-electron chi connectivity index (χ2n) is 7.59. The summed E-state index contributed by atoms with van der Waals surface area (Å²) < 4.78 is 24.4. The van der Waals surface area contributed by atoms with Gasteiger partial charge >= 0.3 is 0 Å². The highest BCUT2D eigenvalue weighted by Gasteiger charge is 2.35. The van der Waals surface area contributed by atoms with Crippen molar-refractivity contribution in [3.63, 3.8) is 0 Å². The highest BCUT2D eigenvalue weighted by atomic mass is 35.5. The molecule has 0 saturated carbocycles. The van der Waals surface area contributed by atoms with Gasteiger partial charge in [-0.1, -0.05) is 35.9 Å². The number of amides is 2. The molecule has 1 saturated heterocycles. The van der Waals surface area contributed by atoms with Crippen LogP contribution in [-0.4, -0.2) is 28.1 Å². The monoisotopic (exact) mass is 528 g/mol. The summed E-state index contributed by atoms with van der Waals surface area (Å²) in [6.07, 6.45) is 1.55. The predicted molar refractivity (Wildman–Crippen MR) is 133 cm³/mol. The number of carbonyl (C=O) groups is 2. The first-order valence-electron chi connectivity index (χ1n) is 10.5. The molecule has 1 aliphatic heterocycles. The van der Waals surface area contributed by atoms with Gasteiger partial charge in [0.15, 0.2) is 11.5 Å². The minimum atomic E-state index is -0.513. The second kappa shape index (κ2) is 10.8. The Morgan fingerprint density at radius 3 is 2.58 bits per heavy atom. The smallest absolute Gasteiger partial charge is 0.293 e. The van der Waals surface area contributed by atoms with Crippen molar-refractivity contribution in [1.82, 2.24) is 4.90 Å². The number of carbonyl (C=O) groups excluding carboxylic acids is 2. The number of nitro benzene ring substituents is 1. The first-order valence-corrected chi connectivity index (χ1v) is 11.7. The van der Waals surface area contributed by atoms with E-state index in [0.717, 1.165) is 22.7 Å². The van der Waals surface area contributed by atoms with Crippen molar-refractivity contribution in [2.45, 2.75) is 13.2 Å². The molecule has 2 amide bonds. The van der Waals surface area contributed by atoms with E-state index in [4.69, 9.17) is 21.1 Å². The molecule has 184 valence electrons. The maximum Gasteiger partial charge on any atom is 0.293 e. The van der Waals surface area contributed by atoms with Crippen molar-refractivity contribution in [3.8, 4) is 11.5 Å². The molecule has 0 N–H and O–H groups in total. The van der Waals surface area contributed by atoms with E-state index < -0.39 is 21.9 Å². The van der Waals surface area contributed by atoms with Gasteiger partial charge in [0, 0.05) is 11.1 Å². The van der Waals surface area contributed by atoms with Crippen molar-refractivity contribution in [3.05, 3.63) is 103 Å². The minimum absolute atomic E-state index is 0.0440. The molecular weight excluding hydrogens is 511 g/mol. The number of nitrogens with zero attached hydrogens (tertiary/aromatic N) is 2. The molecular formula is C25H18ClFN2O6S. The van der Waals surface area contributed by atoms with Gasteiger partial charge in [-0.25, -0.2) is 4.39 Å². The average molecular weight is 529 g/mol. The molecule has 0 atom stereocenters. The molecule has 1 fully saturated rings. The fourth-order valence-corrected chi connectivity index (χ4v) is 4.53. The molecule has 0 bridgehead atoms. The van der Waals surface area contributed by atoms with E-state index in [1.807, 2.05) is 0 Å². The summed E-state index contributed by atoms with van der Waals surface area (Å²) in [5, 5.41) is 10.9. The van der Waals surface area contributed by atoms with Crippen molar-refractivity contribution in [2.75, 3.05) is 7.11 Å². The molecule has 8 nitrogen and oxygen atoms in total. The van der Waals surface area contributed by atoms with Crippen LogP contribution in [0.15, 0.2) is 65.6 Å². The Balaban J connectivity index is 1.50. The zero-order chi connectivity index (χ0) is 25.8. The van der Waals surface area contributed by atoms with Crippen LogP contribution < -0.4 is 9.47 Å². The lowest BCUT2D eigenvalue weighted by Crippen LogP contribution is -2.27. The lowest BCUT2D eigenvalue weighted by molar-refractivity contribution is -0.385. The largest absolute Gasteiger partial charge is 0.493 e. The minimum Gasteiger partial charge on any atom is -0.493 e. The number of ether oxygens (including phenoxy) is 2. The summed E-state index contributed by atoms with van der Waals surface area (Å²) in [5.41, 5.74) is 1.38. The summed E-state index contributed by atoms with van der Waals surface area (Å²) in [6.45, 7) is -0.124. The number of halogens is 2. The van der Waals surface area contributed by atoms with E-state index in [9.17, 15) is 24.1 Å². The van der Waals surface area contributed by atoms with E-state index in [0.29, 0.717) is 28.2 Å². The molecule has 0 unspecified atom stereocenters. The Morgan fingerprint density at radius 2 is 1.86 bits per heavy atom. The van der Waals surface area contributed by atoms with Gasteiger partial charge in [0.1, 0.15) is 12.4 Å². The van der Waals surface area contributed by atoms with Crippen molar-refractivity contribution >= 4 is 46.3 Å². The summed E-state index contributed by atoms with van der Waals surface area (Å²) in [7, 11) is 1.44. The number of rotatable bonds is 8. The summed E-state index contributed by atoms with van der Waals surface area (Å²) in [6, 6.07) is 14.9. The van der Waals surface area contributed by atoms with Crippen LogP contribution in [0.1, 0.15) is 16.7 Å². The molecule has 1 heterocycles. The van der Waals surface area contributed by atoms with Crippen LogP contribution in [0.4, 0.5) is 14.9 Å². The Labute approximate surface area is 214 Å². The Morgan fingerprint density at radius 1 is 1.08 bits per heavy atom. The zero-order valence-corrected chi connectivity index (χ0v) is 20.3. The van der Waals surface area contributed by atoms with Gasteiger partial charge in [0.25, 0.3) is 16.8 Å². The molecule has 0 aromatic heterocycles. The fraction of sp³-hybridized carbons (Fsp3) is 0.120. The van der Waals surface area contributed by atoms with Crippen LogP contribution in [0.2, 0.25) is 5.02 Å². The van der Waals surface area contributed by atoms with Crippen LogP contribution in [0.5, 0.6) is 11.5 Å². The van der Waals surface area contributed by atoms with Gasteiger partial charge in [-0.3, -0.25) is 24.6 Å². The van der Waals surface area contributed by atoms with Crippen molar-refractivity contribution in [2.24, 2.45) is 0 Å². The summed E-state index contributed by atoms with van der Waals surface area (Å²) in [4.78, 5) is 37.3. The highest BCUT2D eigenvalue weighted by Crippen LogP contribution is 2.36. The number of thioether (sulfide) groups is 1. The topological polar surface area (TPSA) is 99.0 Å². The number of hydrogen-bond acceptors (Lipinski definition) is 7. The third-order valence-electron chi connectivity index (χ3n) is 5.27. The SMILES string of the molecule is COc1cc(/C=C2\SC(=O)N(Cc3ccc(F)cc3Cl)C2=O)ccc1OCc1ccccc1[N+](=O)[O-]. The maximum absolute atomic E-state index is 13.3. The van der Waals surface area contributed by atoms with Gasteiger partial charge < -0.3 is 9.47 Å². The van der Waals surface area contributed by atoms with Gasteiger partial charge in [0.05, 0.1) is 29.0 Å². The zero-order valence-electron chi connectivity index (χ0n) is 18.8. The van der Waals surface area contributed by atoms with E-state index in [1.54, 1.807) is 42.5 Å². The molecule has 0 spiro atoms. The van der Waals surface area contributed by atoms with E-state index in [1.165, 1.54) is 25.3 Å². The van der Waals surface area contributed by atoms with Gasteiger partial charge in [-0.2, -0.15) is 0 Å². The third kappa shape index (κ3) is 5.50. The lowest BCUT2D eigenvalue weighted by Gasteiger charge is -2.13. The standard InChI is InChI=1S/C25H18ClFN2O6S/c1-34-22-10-15(6-9-21(22)35-14-17-4-2-3-5-20(17)29(32)33)11-23-24(30)28(25(31)36-23)13-16-7-8-18(27)12-19(16)26/h2-12H,13-14H2,1H3/b23-11-. The molecule has 0 radical (unpaired) electrons. The molecule has 3 aromatic rings. The van der Waals surface area contributed by atoms with Crippen LogP contribution in [0, 0.1) is 15.9 Å². The van der Waals surface area contributed by atoms with Crippen molar-refractivity contribution in [1.29, 1.82) is 0 Å². The van der Waals surface area contributed by atoms with Crippen molar-refractivity contribution < 1.29 is 28.4 Å². The Kier molecular flexibility index (Phi) is 7.56. The molecule has 3 aromatic carbocycles. The number of methoxy groups -OCH3 is 1. The lowest BCUT2D eigenvalue weighted by atomic mass is 10.1. The molecule has 11 heteroatoms. The fourth-order valence-electron chi connectivity index (χ4n) is 3.47. The molecule has 0 aliphatic carbocycles. The Bertz CT molecular complexity index is 1400. The third-order valence-corrected chi connectivity index (χ3v) is 6.53. The van der Waals surface area contributed by atoms with Crippen LogP contribution in [-0.2, 0) is 17.9 Å². The second-order valence-corrected chi connectivity index (χ2v) is 8.99. The quantitative estimate of drug-likeness (QED) is 0.195. The summed E-state index contributed by atoms with van der Waals surface area (Å²) >= 11 is 6.82. The maximum atomic E-state index is 13.3. The Hall–Kier alpha value is -3.89. The average Bonchev–Trinajstić information content (AvgIpc) is 3.12.